The van der Waals surface area contributed by atoms with Gasteiger partial charge in [0.2, 0.25) is 0 Å². The maximum atomic E-state index is 12.5. The van der Waals surface area contributed by atoms with Crippen LogP contribution >= 0.6 is 0 Å². The van der Waals surface area contributed by atoms with Gasteiger partial charge in [-0.25, -0.2) is 4.79 Å². The van der Waals surface area contributed by atoms with E-state index in [1.54, 1.807) is 18.2 Å². The molecule has 0 aliphatic rings. The Hall–Kier alpha value is -3.08. The van der Waals surface area contributed by atoms with Crippen molar-refractivity contribution in [2.45, 2.75) is 20.3 Å². The van der Waals surface area contributed by atoms with Gasteiger partial charge in [-0.15, -0.1) is 0 Å². The molecule has 3 aromatic rings. The number of carbonyl (C=O) groups is 1. The Morgan fingerprint density at radius 3 is 2.62 bits per heavy atom. The van der Waals surface area contributed by atoms with E-state index in [0.717, 1.165) is 12.0 Å². The third-order valence-electron chi connectivity index (χ3n) is 4.09. The van der Waals surface area contributed by atoms with Crippen molar-refractivity contribution in [2.75, 3.05) is 13.2 Å². The Morgan fingerprint density at radius 1 is 1.12 bits per heavy atom. The van der Waals surface area contributed by atoms with E-state index in [2.05, 4.69) is 5.32 Å². The lowest BCUT2D eigenvalue weighted by molar-refractivity contribution is 0.0955. The van der Waals surface area contributed by atoms with Gasteiger partial charge >= 0.3 is 5.63 Å². The van der Waals surface area contributed by atoms with E-state index in [1.165, 1.54) is 11.6 Å². The van der Waals surface area contributed by atoms with Crippen molar-refractivity contribution in [2.24, 2.45) is 0 Å². The summed E-state index contributed by atoms with van der Waals surface area (Å²) in [7, 11) is 0. The van der Waals surface area contributed by atoms with Crippen LogP contribution in [0.1, 0.15) is 28.4 Å². The van der Waals surface area contributed by atoms with E-state index in [-0.39, 0.29) is 5.91 Å². The van der Waals surface area contributed by atoms with E-state index in [0.29, 0.717) is 35.4 Å². The normalized spacial score (nSPS) is 10.7. The number of hydrogen-bond donors (Lipinski definition) is 1. The van der Waals surface area contributed by atoms with Crippen LogP contribution in [0.5, 0.6) is 5.75 Å². The Morgan fingerprint density at radius 2 is 1.88 bits per heavy atom. The van der Waals surface area contributed by atoms with Gasteiger partial charge in [-0.2, -0.15) is 0 Å². The van der Waals surface area contributed by atoms with Gasteiger partial charge in [0.25, 0.3) is 5.91 Å². The van der Waals surface area contributed by atoms with Gasteiger partial charge in [0.05, 0.1) is 12.2 Å². The first-order chi connectivity index (χ1) is 12.6. The molecule has 2 aromatic carbocycles. The summed E-state index contributed by atoms with van der Waals surface area (Å²) in [6, 6.07) is 14.5. The van der Waals surface area contributed by atoms with Gasteiger partial charge in [-0.3, -0.25) is 4.79 Å². The number of aryl methyl sites for hydroxylation is 1. The standard InChI is InChI=1S/C21H21NO4/c1-3-25-16-8-9-17-18(13-20(23)26-19(17)12-16)21(24)22-11-10-15-6-4-14(2)5-7-15/h4-9,12-13H,3,10-11H2,1-2H3,(H,22,24). The lowest BCUT2D eigenvalue weighted by Gasteiger charge is -2.09. The molecule has 5 nitrogen and oxygen atoms in total. The molecule has 26 heavy (non-hydrogen) atoms. The fourth-order valence-corrected chi connectivity index (χ4v) is 2.76. The quantitative estimate of drug-likeness (QED) is 0.691. The number of nitrogens with one attached hydrogen (secondary N) is 1. The number of hydrogen-bond acceptors (Lipinski definition) is 4. The predicted octanol–water partition coefficient (Wildman–Crippen LogP) is 3.47. The summed E-state index contributed by atoms with van der Waals surface area (Å²) in [6.45, 7) is 4.91. The molecule has 0 aliphatic heterocycles. The highest BCUT2D eigenvalue weighted by Crippen LogP contribution is 2.22. The fraction of sp³-hybridized carbons (Fsp3) is 0.238. The highest BCUT2D eigenvalue weighted by molar-refractivity contribution is 6.05. The molecule has 0 bridgehead atoms. The number of ether oxygens (including phenoxy) is 1. The van der Waals surface area contributed by atoms with Crippen LogP contribution in [0.2, 0.25) is 0 Å². The smallest absolute Gasteiger partial charge is 0.337 e. The molecule has 0 saturated heterocycles. The molecule has 5 heteroatoms. The van der Waals surface area contributed by atoms with Crippen LogP contribution in [-0.4, -0.2) is 19.1 Å². The highest BCUT2D eigenvalue weighted by Gasteiger charge is 2.13. The van der Waals surface area contributed by atoms with Crippen LogP contribution in [0.3, 0.4) is 0 Å². The topological polar surface area (TPSA) is 68.5 Å². The van der Waals surface area contributed by atoms with E-state index in [4.69, 9.17) is 9.15 Å². The second-order valence-corrected chi connectivity index (χ2v) is 6.06. The van der Waals surface area contributed by atoms with Gasteiger partial charge in [-0.05, 0) is 38.0 Å². The Kier molecular flexibility index (Phi) is 5.37. The molecule has 0 aliphatic carbocycles. The molecular formula is C21H21NO4. The zero-order valence-electron chi connectivity index (χ0n) is 14.9. The molecule has 3 rings (SSSR count). The zero-order valence-corrected chi connectivity index (χ0v) is 14.9. The Balaban J connectivity index is 1.76. The molecule has 0 unspecified atom stereocenters. The summed E-state index contributed by atoms with van der Waals surface area (Å²) in [6.07, 6.45) is 0.722. The second kappa shape index (κ2) is 7.87. The molecule has 0 fully saturated rings. The van der Waals surface area contributed by atoms with E-state index in [9.17, 15) is 9.59 Å². The molecule has 0 saturated carbocycles. The molecular weight excluding hydrogens is 330 g/mol. The van der Waals surface area contributed by atoms with Crippen LogP contribution in [0.25, 0.3) is 11.0 Å². The highest BCUT2D eigenvalue weighted by atomic mass is 16.5. The summed E-state index contributed by atoms with van der Waals surface area (Å²) < 4.78 is 10.6. The van der Waals surface area contributed by atoms with E-state index < -0.39 is 5.63 Å². The maximum Gasteiger partial charge on any atom is 0.337 e. The molecule has 0 atom stereocenters. The first-order valence-electron chi connectivity index (χ1n) is 8.61. The zero-order chi connectivity index (χ0) is 18.5. The summed E-state index contributed by atoms with van der Waals surface area (Å²) in [5, 5.41) is 3.45. The van der Waals surface area contributed by atoms with E-state index in [1.807, 2.05) is 38.1 Å². The van der Waals surface area contributed by atoms with Crippen molar-refractivity contribution in [1.29, 1.82) is 0 Å². The van der Waals surface area contributed by atoms with Crippen molar-refractivity contribution >= 4 is 16.9 Å². The average molecular weight is 351 g/mol. The van der Waals surface area contributed by atoms with Crippen LogP contribution in [-0.2, 0) is 6.42 Å². The SMILES string of the molecule is CCOc1ccc2c(C(=O)NCCc3ccc(C)cc3)cc(=O)oc2c1. The van der Waals surface area contributed by atoms with Crippen LogP contribution in [0.15, 0.2) is 57.7 Å². The molecule has 1 amide bonds. The first kappa shape index (κ1) is 17.7. The van der Waals surface area contributed by atoms with Crippen molar-refractivity contribution in [3.05, 3.63) is 75.6 Å². The van der Waals surface area contributed by atoms with Crippen molar-refractivity contribution in [3.8, 4) is 5.75 Å². The van der Waals surface area contributed by atoms with Crippen LogP contribution in [0, 0.1) is 6.92 Å². The van der Waals surface area contributed by atoms with Gasteiger partial charge in [0, 0.05) is 24.1 Å². The molecule has 134 valence electrons. The molecule has 1 N–H and O–H groups in total. The summed E-state index contributed by atoms with van der Waals surface area (Å²) in [5.74, 6) is 0.305. The van der Waals surface area contributed by atoms with E-state index >= 15 is 0 Å². The Bertz CT molecular complexity index is 973. The minimum absolute atomic E-state index is 0.292. The number of rotatable bonds is 6. The number of amides is 1. The minimum Gasteiger partial charge on any atom is -0.494 e. The fourth-order valence-electron chi connectivity index (χ4n) is 2.76. The van der Waals surface area contributed by atoms with Crippen LogP contribution < -0.4 is 15.7 Å². The van der Waals surface area contributed by atoms with Crippen molar-refractivity contribution in [3.63, 3.8) is 0 Å². The third-order valence-corrected chi connectivity index (χ3v) is 4.09. The lowest BCUT2D eigenvalue weighted by Crippen LogP contribution is -2.26. The summed E-state index contributed by atoms with van der Waals surface area (Å²) in [4.78, 5) is 24.4. The number of fused-ring (bicyclic) bond motifs is 1. The predicted molar refractivity (Wildman–Crippen MR) is 101 cm³/mol. The Labute approximate surface area is 151 Å². The third kappa shape index (κ3) is 4.11. The molecule has 1 heterocycles. The average Bonchev–Trinajstić information content (AvgIpc) is 2.62. The van der Waals surface area contributed by atoms with Gasteiger partial charge < -0.3 is 14.5 Å². The lowest BCUT2D eigenvalue weighted by atomic mass is 10.1. The summed E-state index contributed by atoms with van der Waals surface area (Å²) in [5.41, 5.74) is 2.44. The minimum atomic E-state index is -0.560. The molecule has 0 spiro atoms. The number of benzene rings is 2. The van der Waals surface area contributed by atoms with Gasteiger partial charge in [0.15, 0.2) is 0 Å². The molecule has 0 radical (unpaired) electrons. The maximum absolute atomic E-state index is 12.5. The van der Waals surface area contributed by atoms with Gasteiger partial charge in [0.1, 0.15) is 11.3 Å². The van der Waals surface area contributed by atoms with Gasteiger partial charge in [-0.1, -0.05) is 29.8 Å². The molecule has 1 aromatic heterocycles. The first-order valence-corrected chi connectivity index (χ1v) is 8.61. The number of carbonyl (C=O) groups excluding carboxylic acids is 1. The second-order valence-electron chi connectivity index (χ2n) is 6.06. The van der Waals surface area contributed by atoms with Crippen molar-refractivity contribution in [1.82, 2.24) is 5.32 Å². The largest absolute Gasteiger partial charge is 0.494 e. The van der Waals surface area contributed by atoms with Crippen LogP contribution in [0.4, 0.5) is 0 Å². The summed E-state index contributed by atoms with van der Waals surface area (Å²) >= 11 is 0. The monoisotopic (exact) mass is 351 g/mol. The van der Waals surface area contributed by atoms with Crippen molar-refractivity contribution < 1.29 is 13.9 Å².